The van der Waals surface area contributed by atoms with Crippen LogP contribution >= 0.6 is 47.8 Å². The van der Waals surface area contributed by atoms with Crippen molar-refractivity contribution in [1.29, 1.82) is 0 Å². The summed E-state index contributed by atoms with van der Waals surface area (Å²) in [6.07, 6.45) is 1.81. The first-order valence-corrected chi connectivity index (χ1v) is 6.62. The Hall–Kier alpha value is 0.0700. The van der Waals surface area contributed by atoms with Gasteiger partial charge in [-0.15, -0.1) is 0 Å². The van der Waals surface area contributed by atoms with Gasteiger partial charge in [0.1, 0.15) is 0 Å². The van der Waals surface area contributed by atoms with Gasteiger partial charge in [0, 0.05) is 16.1 Å². The number of rotatable bonds is 1. The van der Waals surface area contributed by atoms with E-state index in [0.29, 0.717) is 0 Å². The zero-order valence-corrected chi connectivity index (χ0v) is 11.8. The van der Waals surface area contributed by atoms with Gasteiger partial charge in [-0.05, 0) is 39.7 Å². The molecule has 1 aromatic heterocycles. The lowest BCUT2D eigenvalue weighted by atomic mass is 10.1. The smallest absolute Gasteiger partial charge is 0.0946 e. The van der Waals surface area contributed by atoms with Crippen LogP contribution in [0.25, 0.3) is 10.9 Å². The molecule has 0 aliphatic carbocycles. The fraction of sp³-hybridized carbons (Fsp3) is 0.100. The van der Waals surface area contributed by atoms with Crippen LogP contribution in [0.5, 0.6) is 0 Å². The van der Waals surface area contributed by atoms with Crippen LogP contribution in [0, 0.1) is 0 Å². The number of hydrogen-bond donors (Lipinski definition) is 0. The molecule has 4 heteroatoms. The fourth-order valence-electron chi connectivity index (χ4n) is 1.26. The highest BCUT2D eigenvalue weighted by molar-refractivity contribution is 9.24. The molecule has 0 N–H and O–H groups in total. The molecular weight excluding hydrogens is 374 g/mol. The lowest BCUT2D eigenvalue weighted by Crippen LogP contribution is -1.83. The van der Waals surface area contributed by atoms with Crippen LogP contribution < -0.4 is 0 Å². The Kier molecular flexibility index (Phi) is 3.24. The molecule has 0 spiro atoms. The van der Waals surface area contributed by atoms with Crippen LogP contribution in [0.15, 0.2) is 34.9 Å². The summed E-state index contributed by atoms with van der Waals surface area (Å²) in [4.78, 5) is 4.30. The summed E-state index contributed by atoms with van der Waals surface area (Å²) < 4.78 is 1.20. The molecule has 0 unspecified atom stereocenters. The lowest BCUT2D eigenvalue weighted by Gasteiger charge is -2.04. The van der Waals surface area contributed by atoms with Crippen molar-refractivity contribution < 1.29 is 0 Å². The van der Waals surface area contributed by atoms with Crippen molar-refractivity contribution >= 4 is 58.7 Å². The van der Waals surface area contributed by atoms with Crippen molar-refractivity contribution in [2.24, 2.45) is 0 Å². The molecule has 1 aromatic carbocycles. The molecule has 0 radical (unpaired) electrons. The maximum absolute atomic E-state index is 4.30. The highest BCUT2D eigenvalue weighted by atomic mass is 79.9. The van der Waals surface area contributed by atoms with Crippen LogP contribution in [0.2, 0.25) is 0 Å². The highest BCUT2D eigenvalue weighted by Crippen LogP contribution is 2.31. The van der Waals surface area contributed by atoms with Crippen molar-refractivity contribution in [3.8, 4) is 0 Å². The Morgan fingerprint density at radius 2 is 1.93 bits per heavy atom. The van der Waals surface area contributed by atoms with Gasteiger partial charge in [-0.1, -0.05) is 37.9 Å². The van der Waals surface area contributed by atoms with E-state index in [2.05, 4.69) is 71.0 Å². The van der Waals surface area contributed by atoms with E-state index in [9.17, 15) is 0 Å². The molecule has 2 rings (SSSR count). The largest absolute Gasteiger partial charge is 0.255 e. The summed E-state index contributed by atoms with van der Waals surface area (Å²) in [6, 6.07) is 8.25. The van der Waals surface area contributed by atoms with Crippen molar-refractivity contribution in [3.05, 3.63) is 40.5 Å². The zero-order chi connectivity index (χ0) is 10.1. The summed E-state index contributed by atoms with van der Waals surface area (Å²) >= 11 is 10.4. The second-order valence-corrected chi connectivity index (χ2v) is 6.88. The van der Waals surface area contributed by atoms with Gasteiger partial charge in [-0.3, -0.25) is 4.98 Å². The standard InChI is InChI=1S/C10H6Br3N/c11-8-4-7-3-6(10(12)13)1-2-9(7)14-5-8/h1-5,10H. The summed E-state index contributed by atoms with van der Waals surface area (Å²) in [5.74, 6) is 0. The van der Waals surface area contributed by atoms with Crippen molar-refractivity contribution in [2.75, 3.05) is 0 Å². The third-order valence-corrected chi connectivity index (χ3v) is 3.41. The molecule has 72 valence electrons. The summed E-state index contributed by atoms with van der Waals surface area (Å²) in [7, 11) is 0. The van der Waals surface area contributed by atoms with Gasteiger partial charge in [-0.2, -0.15) is 0 Å². The van der Waals surface area contributed by atoms with E-state index in [1.54, 1.807) is 0 Å². The van der Waals surface area contributed by atoms with Gasteiger partial charge < -0.3 is 0 Å². The second-order valence-electron chi connectivity index (χ2n) is 2.91. The zero-order valence-electron chi connectivity index (χ0n) is 7.05. The van der Waals surface area contributed by atoms with Gasteiger partial charge >= 0.3 is 0 Å². The number of halogens is 3. The number of pyridine rings is 1. The van der Waals surface area contributed by atoms with Crippen LogP contribution in [-0.4, -0.2) is 4.98 Å². The topological polar surface area (TPSA) is 12.9 Å². The Morgan fingerprint density at radius 3 is 2.64 bits per heavy atom. The molecule has 0 amide bonds. The molecular formula is C10H6Br3N. The van der Waals surface area contributed by atoms with Gasteiger partial charge in [-0.25, -0.2) is 0 Å². The van der Waals surface area contributed by atoms with Gasteiger partial charge in [0.25, 0.3) is 0 Å². The second kappa shape index (κ2) is 4.29. The quantitative estimate of drug-likeness (QED) is 0.649. The Bertz CT molecular complexity index is 468. The maximum Gasteiger partial charge on any atom is 0.0946 e. The Labute approximate surface area is 107 Å². The maximum atomic E-state index is 4.30. The number of hydrogen-bond acceptors (Lipinski definition) is 1. The molecule has 1 nitrogen and oxygen atoms in total. The molecule has 0 saturated carbocycles. The number of nitrogens with zero attached hydrogens (tertiary/aromatic N) is 1. The van der Waals surface area contributed by atoms with Gasteiger partial charge in [0.2, 0.25) is 0 Å². The van der Waals surface area contributed by atoms with E-state index in [0.717, 1.165) is 15.4 Å². The molecule has 1 heterocycles. The van der Waals surface area contributed by atoms with Crippen molar-refractivity contribution in [1.82, 2.24) is 4.98 Å². The Morgan fingerprint density at radius 1 is 1.14 bits per heavy atom. The Balaban J connectivity index is 2.63. The van der Waals surface area contributed by atoms with E-state index >= 15 is 0 Å². The van der Waals surface area contributed by atoms with Crippen LogP contribution in [-0.2, 0) is 0 Å². The minimum absolute atomic E-state index is 0.193. The van der Waals surface area contributed by atoms with E-state index in [1.165, 1.54) is 5.56 Å². The molecule has 2 aromatic rings. The van der Waals surface area contributed by atoms with Crippen LogP contribution in [0.3, 0.4) is 0 Å². The molecule has 0 aliphatic rings. The summed E-state index contributed by atoms with van der Waals surface area (Å²) in [5.41, 5.74) is 2.20. The average Bonchev–Trinajstić information content (AvgIpc) is 2.16. The van der Waals surface area contributed by atoms with Crippen LogP contribution in [0.1, 0.15) is 9.30 Å². The predicted octanol–water partition coefficient (Wildman–Crippen LogP) is 4.79. The third kappa shape index (κ3) is 2.18. The SMILES string of the molecule is Brc1cnc2ccc(C(Br)Br)cc2c1. The predicted molar refractivity (Wildman–Crippen MR) is 70.0 cm³/mol. The van der Waals surface area contributed by atoms with Crippen molar-refractivity contribution in [2.45, 2.75) is 3.74 Å². The number of benzene rings is 1. The first-order chi connectivity index (χ1) is 6.66. The minimum atomic E-state index is 0.193. The van der Waals surface area contributed by atoms with Crippen LogP contribution in [0.4, 0.5) is 0 Å². The summed E-state index contributed by atoms with van der Waals surface area (Å²) in [6.45, 7) is 0. The van der Waals surface area contributed by atoms with E-state index < -0.39 is 0 Å². The molecule has 0 bridgehead atoms. The number of aromatic nitrogens is 1. The molecule has 0 aliphatic heterocycles. The lowest BCUT2D eigenvalue weighted by molar-refractivity contribution is 1.37. The van der Waals surface area contributed by atoms with Gasteiger partial charge in [0.15, 0.2) is 0 Å². The molecule has 0 atom stereocenters. The summed E-state index contributed by atoms with van der Waals surface area (Å²) in [5, 5.41) is 1.14. The first kappa shape index (κ1) is 10.6. The molecule has 0 fully saturated rings. The third-order valence-electron chi connectivity index (χ3n) is 1.92. The normalized spacial score (nSPS) is 11.1. The van der Waals surface area contributed by atoms with Crippen molar-refractivity contribution in [3.63, 3.8) is 0 Å². The first-order valence-electron chi connectivity index (χ1n) is 4.00. The van der Waals surface area contributed by atoms with Gasteiger partial charge in [0.05, 0.1) is 9.25 Å². The molecule has 0 saturated heterocycles. The monoisotopic (exact) mass is 377 g/mol. The number of alkyl halides is 2. The minimum Gasteiger partial charge on any atom is -0.255 e. The molecule has 14 heavy (non-hydrogen) atoms. The van der Waals surface area contributed by atoms with E-state index in [1.807, 2.05) is 12.3 Å². The van der Waals surface area contributed by atoms with E-state index in [4.69, 9.17) is 0 Å². The number of fused-ring (bicyclic) bond motifs is 1. The highest BCUT2D eigenvalue weighted by Gasteiger charge is 2.03. The average molecular weight is 380 g/mol. The fourth-order valence-corrected chi connectivity index (χ4v) is 2.18. The van der Waals surface area contributed by atoms with E-state index in [-0.39, 0.29) is 3.74 Å².